The van der Waals surface area contributed by atoms with Gasteiger partial charge in [-0.25, -0.2) is 0 Å². The van der Waals surface area contributed by atoms with E-state index in [-0.39, 0.29) is 5.78 Å². The molecule has 2 rings (SSSR count). The van der Waals surface area contributed by atoms with Gasteiger partial charge in [-0.2, -0.15) is 0 Å². The zero-order valence-electron chi connectivity index (χ0n) is 9.17. The zero-order valence-corrected chi connectivity index (χ0v) is 11.5. The summed E-state index contributed by atoms with van der Waals surface area (Å²) in [5.74, 6) is -0.0450. The molecule has 0 atom stereocenters. The molecule has 0 fully saturated rings. The van der Waals surface area contributed by atoms with E-state index in [1.165, 1.54) is 16.2 Å². The van der Waals surface area contributed by atoms with Crippen molar-refractivity contribution in [3.63, 3.8) is 0 Å². The fourth-order valence-electron chi connectivity index (χ4n) is 1.50. The molecule has 0 aliphatic rings. The predicted octanol–water partition coefficient (Wildman–Crippen LogP) is 4.85. The number of thiophene rings is 1. The minimum atomic E-state index is -0.0450. The highest BCUT2D eigenvalue weighted by Crippen LogP contribution is 2.26. The third-order valence-electron chi connectivity index (χ3n) is 2.41. The molecule has 0 aliphatic heterocycles. The van der Waals surface area contributed by atoms with Gasteiger partial charge in [0.2, 0.25) is 5.78 Å². The summed E-state index contributed by atoms with van der Waals surface area (Å²) in [6.07, 6.45) is 0.937. The Labute approximate surface area is 114 Å². The van der Waals surface area contributed by atoms with E-state index in [1.807, 2.05) is 12.1 Å². The summed E-state index contributed by atoms with van der Waals surface area (Å²) in [4.78, 5) is 14.1. The quantitative estimate of drug-likeness (QED) is 0.737. The average Bonchev–Trinajstić information content (AvgIpc) is 2.76. The Kier molecular flexibility index (Phi) is 3.87. The van der Waals surface area contributed by atoms with Crippen LogP contribution in [-0.4, -0.2) is 5.78 Å². The average molecular weight is 285 g/mol. The molecule has 2 aromatic rings. The highest BCUT2D eigenvalue weighted by Gasteiger charge is 2.14. The Hall–Kier alpha value is -0.830. The lowest BCUT2D eigenvalue weighted by molar-refractivity contribution is 0.104. The largest absolute Gasteiger partial charge is 0.288 e. The van der Waals surface area contributed by atoms with Gasteiger partial charge in [0, 0.05) is 15.5 Å². The standard InChI is InChI=1S/C13H10Cl2OS/c1-2-9-4-6-12(17-9)13(16)10-5-3-8(14)7-11(10)15/h3-7H,2H2,1H3. The highest BCUT2D eigenvalue weighted by atomic mass is 35.5. The van der Waals surface area contributed by atoms with Crippen LogP contribution in [0.2, 0.25) is 10.0 Å². The first-order valence-corrected chi connectivity index (χ1v) is 6.77. The molecule has 0 amide bonds. The van der Waals surface area contributed by atoms with Crippen LogP contribution in [0.1, 0.15) is 27.0 Å². The van der Waals surface area contributed by atoms with Gasteiger partial charge in [-0.15, -0.1) is 11.3 Å². The third kappa shape index (κ3) is 2.71. The van der Waals surface area contributed by atoms with Gasteiger partial charge in [0.05, 0.1) is 9.90 Å². The molecule has 0 saturated heterocycles. The number of aryl methyl sites for hydroxylation is 1. The second-order valence-electron chi connectivity index (χ2n) is 3.57. The van der Waals surface area contributed by atoms with Crippen molar-refractivity contribution >= 4 is 40.3 Å². The molecule has 0 unspecified atom stereocenters. The van der Waals surface area contributed by atoms with Gasteiger partial charge in [-0.1, -0.05) is 30.1 Å². The van der Waals surface area contributed by atoms with Crippen LogP contribution in [0, 0.1) is 0 Å². The van der Waals surface area contributed by atoms with E-state index in [0.29, 0.717) is 20.5 Å². The van der Waals surface area contributed by atoms with Gasteiger partial charge >= 0.3 is 0 Å². The summed E-state index contributed by atoms with van der Waals surface area (Å²) in [5, 5.41) is 0.931. The fourth-order valence-corrected chi connectivity index (χ4v) is 2.89. The van der Waals surface area contributed by atoms with E-state index < -0.39 is 0 Å². The summed E-state index contributed by atoms with van der Waals surface area (Å²) in [7, 11) is 0. The van der Waals surface area contributed by atoms with Crippen LogP contribution in [0.15, 0.2) is 30.3 Å². The first-order valence-electron chi connectivity index (χ1n) is 5.20. The molecule has 88 valence electrons. The fraction of sp³-hybridized carbons (Fsp3) is 0.154. The van der Waals surface area contributed by atoms with Gasteiger partial charge in [-0.3, -0.25) is 4.79 Å². The number of ketones is 1. The van der Waals surface area contributed by atoms with Crippen molar-refractivity contribution in [2.45, 2.75) is 13.3 Å². The minimum Gasteiger partial charge on any atom is -0.288 e. The summed E-state index contributed by atoms with van der Waals surface area (Å²) in [6.45, 7) is 2.06. The number of rotatable bonds is 3. The number of carbonyl (C=O) groups excluding carboxylic acids is 1. The molecule has 0 saturated carbocycles. The Morgan fingerprint density at radius 2 is 2.00 bits per heavy atom. The van der Waals surface area contributed by atoms with Crippen molar-refractivity contribution in [2.75, 3.05) is 0 Å². The molecule has 1 aromatic heterocycles. The van der Waals surface area contributed by atoms with E-state index in [2.05, 4.69) is 6.92 Å². The third-order valence-corrected chi connectivity index (χ3v) is 4.19. The predicted molar refractivity (Wildman–Crippen MR) is 73.6 cm³/mol. The molecule has 0 aliphatic carbocycles. The monoisotopic (exact) mass is 284 g/mol. The lowest BCUT2D eigenvalue weighted by Gasteiger charge is -2.01. The highest BCUT2D eigenvalue weighted by molar-refractivity contribution is 7.14. The van der Waals surface area contributed by atoms with Gasteiger partial charge in [0.1, 0.15) is 0 Å². The molecular formula is C13H10Cl2OS. The molecule has 0 spiro atoms. The number of halogens is 2. The van der Waals surface area contributed by atoms with Crippen LogP contribution in [0.4, 0.5) is 0 Å². The SMILES string of the molecule is CCc1ccc(C(=O)c2ccc(Cl)cc2Cl)s1. The summed E-state index contributed by atoms with van der Waals surface area (Å²) >= 11 is 13.3. The molecule has 4 heteroatoms. The number of hydrogen-bond acceptors (Lipinski definition) is 2. The second-order valence-corrected chi connectivity index (χ2v) is 5.58. The van der Waals surface area contributed by atoms with Crippen LogP contribution in [0.25, 0.3) is 0 Å². The van der Waals surface area contributed by atoms with Crippen LogP contribution in [0.5, 0.6) is 0 Å². The smallest absolute Gasteiger partial charge is 0.204 e. The Morgan fingerprint density at radius 3 is 2.59 bits per heavy atom. The molecule has 1 aromatic carbocycles. The van der Waals surface area contributed by atoms with Crippen molar-refractivity contribution in [3.8, 4) is 0 Å². The summed E-state index contributed by atoms with van der Waals surface area (Å²) < 4.78 is 0. The van der Waals surface area contributed by atoms with Crippen molar-refractivity contribution < 1.29 is 4.79 Å². The van der Waals surface area contributed by atoms with Crippen molar-refractivity contribution in [1.82, 2.24) is 0 Å². The second kappa shape index (κ2) is 5.21. The lowest BCUT2D eigenvalue weighted by Crippen LogP contribution is -1.99. The van der Waals surface area contributed by atoms with Gasteiger partial charge in [0.15, 0.2) is 0 Å². The van der Waals surface area contributed by atoms with E-state index in [0.717, 1.165) is 6.42 Å². The number of hydrogen-bond donors (Lipinski definition) is 0. The Bertz CT molecular complexity index is 560. The van der Waals surface area contributed by atoms with Crippen molar-refractivity contribution in [3.05, 3.63) is 55.7 Å². The van der Waals surface area contributed by atoms with Crippen molar-refractivity contribution in [2.24, 2.45) is 0 Å². The topological polar surface area (TPSA) is 17.1 Å². The van der Waals surface area contributed by atoms with Crippen LogP contribution < -0.4 is 0 Å². The summed E-state index contributed by atoms with van der Waals surface area (Å²) in [5.41, 5.74) is 0.501. The molecule has 0 radical (unpaired) electrons. The maximum Gasteiger partial charge on any atom is 0.204 e. The van der Waals surface area contributed by atoms with E-state index in [9.17, 15) is 4.79 Å². The van der Waals surface area contributed by atoms with E-state index >= 15 is 0 Å². The summed E-state index contributed by atoms with van der Waals surface area (Å²) in [6, 6.07) is 8.75. The molecule has 17 heavy (non-hydrogen) atoms. The van der Waals surface area contributed by atoms with E-state index in [1.54, 1.807) is 18.2 Å². The zero-order chi connectivity index (χ0) is 12.4. The van der Waals surface area contributed by atoms with E-state index in [4.69, 9.17) is 23.2 Å². The first-order chi connectivity index (χ1) is 8.11. The maximum atomic E-state index is 12.2. The lowest BCUT2D eigenvalue weighted by atomic mass is 10.1. The minimum absolute atomic E-state index is 0.0450. The van der Waals surface area contributed by atoms with Gasteiger partial charge < -0.3 is 0 Å². The van der Waals surface area contributed by atoms with Crippen molar-refractivity contribution in [1.29, 1.82) is 0 Å². The number of benzene rings is 1. The Morgan fingerprint density at radius 1 is 1.24 bits per heavy atom. The number of carbonyl (C=O) groups is 1. The molecule has 0 N–H and O–H groups in total. The van der Waals surface area contributed by atoms with Crippen LogP contribution >= 0.6 is 34.5 Å². The Balaban J connectivity index is 2.36. The van der Waals surface area contributed by atoms with Gasteiger partial charge in [-0.05, 0) is 36.8 Å². The van der Waals surface area contributed by atoms with Gasteiger partial charge in [0.25, 0.3) is 0 Å². The molecular weight excluding hydrogens is 275 g/mol. The molecule has 1 heterocycles. The van der Waals surface area contributed by atoms with Crippen LogP contribution in [-0.2, 0) is 6.42 Å². The van der Waals surface area contributed by atoms with Crippen LogP contribution in [0.3, 0.4) is 0 Å². The maximum absolute atomic E-state index is 12.2. The molecule has 0 bridgehead atoms. The normalized spacial score (nSPS) is 10.5. The first kappa shape index (κ1) is 12.6. The molecule has 1 nitrogen and oxygen atoms in total.